The maximum Gasteiger partial charge on any atom is 0.202 e. The maximum absolute atomic E-state index is 3.90. The van der Waals surface area contributed by atoms with Crippen LogP contribution in [0, 0.1) is 6.20 Å². The molecule has 6 nitrogen and oxygen atoms in total. The van der Waals surface area contributed by atoms with Crippen LogP contribution < -0.4 is 0 Å². The first-order valence-corrected chi connectivity index (χ1v) is 3.15. The van der Waals surface area contributed by atoms with Crippen LogP contribution >= 0.6 is 0 Å². The zero-order valence-corrected chi connectivity index (χ0v) is 5.92. The predicted octanol–water partition coefficient (Wildman–Crippen LogP) is -0.476. The highest BCUT2D eigenvalue weighted by molar-refractivity contribution is 5.44. The summed E-state index contributed by atoms with van der Waals surface area (Å²) in [6.07, 6.45) is 6.69. The minimum absolute atomic E-state index is 0.420. The quantitative estimate of drug-likeness (QED) is 0.559. The predicted molar refractivity (Wildman–Crippen MR) is 37.5 cm³/mol. The summed E-state index contributed by atoms with van der Waals surface area (Å²) in [5.41, 5.74) is 0.548. The molecule has 0 spiro atoms. The van der Waals surface area contributed by atoms with E-state index < -0.39 is 0 Å². The van der Waals surface area contributed by atoms with E-state index in [4.69, 9.17) is 0 Å². The molecule has 0 aliphatic rings. The molecule has 57 valence electrons. The molecule has 0 unspecified atom stereocenters. The van der Waals surface area contributed by atoms with Crippen LogP contribution in [0.4, 0.5) is 0 Å². The van der Waals surface area contributed by atoms with Gasteiger partial charge in [0.05, 0.1) is 12.4 Å². The molecule has 2 heterocycles. The molecule has 1 radical (unpaired) electrons. The van der Waals surface area contributed by atoms with E-state index in [9.17, 15) is 0 Å². The topological polar surface area (TPSA) is 77.3 Å². The van der Waals surface area contributed by atoms with Crippen molar-refractivity contribution in [2.75, 3.05) is 0 Å². The Morgan fingerprint density at radius 1 is 1.17 bits per heavy atom. The lowest BCUT2D eigenvalue weighted by molar-refractivity contribution is 0.927. The number of hydrogen-bond donors (Lipinski definition) is 0. The zero-order chi connectivity index (χ0) is 8.23. The van der Waals surface area contributed by atoms with Crippen LogP contribution in [0.5, 0.6) is 0 Å². The van der Waals surface area contributed by atoms with E-state index in [-0.39, 0.29) is 0 Å². The highest BCUT2D eigenvalue weighted by atomic mass is 15.2. The lowest BCUT2D eigenvalue weighted by Gasteiger charge is -1.92. The zero-order valence-electron chi connectivity index (χ0n) is 5.92. The number of rotatable bonds is 1. The van der Waals surface area contributed by atoms with E-state index in [1.165, 1.54) is 18.7 Å². The average molecular weight is 159 g/mol. The summed E-state index contributed by atoms with van der Waals surface area (Å²) >= 11 is 0. The van der Waals surface area contributed by atoms with E-state index in [2.05, 4.69) is 36.6 Å². The summed E-state index contributed by atoms with van der Waals surface area (Å²) in [5, 5.41) is 14.4. The molecule has 2 aromatic heterocycles. The SMILES string of the molecule is [c]1cnc(-c2cnncn2)nn1. The molecule has 0 saturated carbocycles. The van der Waals surface area contributed by atoms with Gasteiger partial charge in [0.2, 0.25) is 5.82 Å². The van der Waals surface area contributed by atoms with Crippen molar-refractivity contribution < 1.29 is 0 Å². The second kappa shape index (κ2) is 2.95. The Morgan fingerprint density at radius 3 is 2.83 bits per heavy atom. The van der Waals surface area contributed by atoms with Crippen molar-refractivity contribution in [3.8, 4) is 11.5 Å². The normalized spacial score (nSPS) is 9.67. The summed E-state index contributed by atoms with van der Waals surface area (Å²) in [7, 11) is 0. The van der Waals surface area contributed by atoms with Gasteiger partial charge in [-0.15, -0.1) is 15.3 Å². The first kappa shape index (κ1) is 6.71. The Kier molecular flexibility index (Phi) is 1.65. The third-order valence-corrected chi connectivity index (χ3v) is 1.17. The summed E-state index contributed by atoms with van der Waals surface area (Å²) in [4.78, 5) is 7.79. The molecular formula is C6H3N6. The first-order valence-electron chi connectivity index (χ1n) is 3.15. The van der Waals surface area contributed by atoms with Crippen LogP contribution in [0.15, 0.2) is 18.7 Å². The molecule has 0 bridgehead atoms. The van der Waals surface area contributed by atoms with Crippen molar-refractivity contribution in [2.24, 2.45) is 0 Å². The molecular weight excluding hydrogens is 156 g/mol. The maximum atomic E-state index is 3.90. The second-order valence-corrected chi connectivity index (χ2v) is 1.90. The number of nitrogens with zero attached hydrogens (tertiary/aromatic N) is 6. The standard InChI is InChI=1S/C6H3N6/c1-2-9-12-6(7-1)5-3-10-11-4-8-5/h1,3-4H. The van der Waals surface area contributed by atoms with Crippen molar-refractivity contribution in [1.82, 2.24) is 30.4 Å². The highest BCUT2D eigenvalue weighted by Gasteiger charge is 2.00. The van der Waals surface area contributed by atoms with Crippen molar-refractivity contribution in [2.45, 2.75) is 0 Å². The lowest BCUT2D eigenvalue weighted by Crippen LogP contribution is -1.94. The fourth-order valence-electron chi connectivity index (χ4n) is 0.690. The van der Waals surface area contributed by atoms with Gasteiger partial charge < -0.3 is 0 Å². The number of hydrogen-bond acceptors (Lipinski definition) is 6. The van der Waals surface area contributed by atoms with Gasteiger partial charge in [0.25, 0.3) is 0 Å². The minimum atomic E-state index is 0.420. The summed E-state index contributed by atoms with van der Waals surface area (Å²) in [5.74, 6) is 0.420. The molecule has 2 aromatic rings. The Balaban J connectivity index is 2.46. The van der Waals surface area contributed by atoms with Gasteiger partial charge in [-0.25, -0.2) is 9.97 Å². The lowest BCUT2D eigenvalue weighted by atomic mass is 10.4. The van der Waals surface area contributed by atoms with Gasteiger partial charge in [-0.2, -0.15) is 5.10 Å². The summed E-state index contributed by atoms with van der Waals surface area (Å²) < 4.78 is 0. The Labute approximate surface area is 67.7 Å². The summed E-state index contributed by atoms with van der Waals surface area (Å²) in [6, 6.07) is 0. The first-order chi connectivity index (χ1) is 5.97. The van der Waals surface area contributed by atoms with Crippen LogP contribution in [0.3, 0.4) is 0 Å². The molecule has 0 saturated heterocycles. The molecule has 0 aliphatic heterocycles. The van der Waals surface area contributed by atoms with Crippen molar-refractivity contribution in [1.29, 1.82) is 0 Å². The Hall–Kier alpha value is -1.98. The van der Waals surface area contributed by atoms with Crippen LogP contribution in [0.2, 0.25) is 0 Å². The molecule has 6 heteroatoms. The fraction of sp³-hybridized carbons (Fsp3) is 0. The molecule has 0 fully saturated rings. The monoisotopic (exact) mass is 159 g/mol. The van der Waals surface area contributed by atoms with Crippen LogP contribution in [0.1, 0.15) is 0 Å². The molecule has 12 heavy (non-hydrogen) atoms. The second-order valence-electron chi connectivity index (χ2n) is 1.90. The molecule has 0 aromatic carbocycles. The average Bonchev–Trinajstić information content (AvgIpc) is 2.21. The van der Waals surface area contributed by atoms with Gasteiger partial charge in [-0.05, 0) is 0 Å². The molecule has 0 amide bonds. The highest BCUT2D eigenvalue weighted by Crippen LogP contribution is 2.04. The third-order valence-electron chi connectivity index (χ3n) is 1.17. The van der Waals surface area contributed by atoms with Crippen LogP contribution in [-0.2, 0) is 0 Å². The Bertz CT molecular complexity index is 309. The van der Waals surface area contributed by atoms with Gasteiger partial charge in [-0.1, -0.05) is 0 Å². The van der Waals surface area contributed by atoms with E-state index >= 15 is 0 Å². The minimum Gasteiger partial charge on any atom is -0.231 e. The van der Waals surface area contributed by atoms with Crippen molar-refractivity contribution in [3.05, 3.63) is 24.9 Å². The Morgan fingerprint density at radius 2 is 2.17 bits per heavy atom. The molecule has 2 rings (SSSR count). The van der Waals surface area contributed by atoms with Crippen LogP contribution in [0.25, 0.3) is 11.5 Å². The van der Waals surface area contributed by atoms with E-state index in [1.807, 2.05) is 0 Å². The van der Waals surface area contributed by atoms with Gasteiger partial charge in [0.15, 0.2) is 0 Å². The van der Waals surface area contributed by atoms with E-state index in [0.29, 0.717) is 11.5 Å². The van der Waals surface area contributed by atoms with E-state index in [0.717, 1.165) is 0 Å². The van der Waals surface area contributed by atoms with E-state index in [1.54, 1.807) is 0 Å². The fourth-order valence-corrected chi connectivity index (χ4v) is 0.690. The van der Waals surface area contributed by atoms with Crippen molar-refractivity contribution >= 4 is 0 Å². The molecule has 0 atom stereocenters. The smallest absolute Gasteiger partial charge is 0.202 e. The summed E-state index contributed by atoms with van der Waals surface area (Å²) in [6.45, 7) is 0. The number of aromatic nitrogens is 6. The molecule has 0 aliphatic carbocycles. The van der Waals surface area contributed by atoms with Crippen LogP contribution in [-0.4, -0.2) is 30.4 Å². The molecule has 0 N–H and O–H groups in total. The van der Waals surface area contributed by atoms with Gasteiger partial charge in [0.1, 0.15) is 18.2 Å². The largest absolute Gasteiger partial charge is 0.231 e. The van der Waals surface area contributed by atoms with Crippen molar-refractivity contribution in [3.63, 3.8) is 0 Å². The van der Waals surface area contributed by atoms with Gasteiger partial charge in [0, 0.05) is 0 Å². The third kappa shape index (κ3) is 1.22. The van der Waals surface area contributed by atoms with Gasteiger partial charge >= 0.3 is 0 Å². The van der Waals surface area contributed by atoms with Gasteiger partial charge in [-0.3, -0.25) is 0 Å².